The lowest BCUT2D eigenvalue weighted by molar-refractivity contribution is -0.139. The summed E-state index contributed by atoms with van der Waals surface area (Å²) in [4.78, 5) is 20.1. The number of para-hydroxylation sites is 1. The van der Waals surface area contributed by atoms with Crippen molar-refractivity contribution in [2.24, 2.45) is 4.99 Å². The average Bonchev–Trinajstić information content (AvgIpc) is 3.56. The summed E-state index contributed by atoms with van der Waals surface area (Å²) in [5.41, 5.74) is 3.85. The number of aliphatic carboxylic acids is 1. The van der Waals surface area contributed by atoms with E-state index in [0.717, 1.165) is 40.6 Å². The molecule has 0 aliphatic heterocycles. The van der Waals surface area contributed by atoms with Crippen molar-refractivity contribution in [2.75, 3.05) is 0 Å². The molecule has 2 aromatic carbocycles. The monoisotopic (exact) mass is 422 g/mol. The fourth-order valence-corrected chi connectivity index (χ4v) is 3.69. The van der Waals surface area contributed by atoms with Gasteiger partial charge in [0, 0.05) is 29.5 Å². The number of nitrogens with zero attached hydrogens (tertiary/aromatic N) is 2. The van der Waals surface area contributed by atoms with E-state index in [9.17, 15) is 19.4 Å². The number of aliphatic hydroxyl groups is 2. The van der Waals surface area contributed by atoms with Gasteiger partial charge in [0.25, 0.3) is 0 Å². The van der Waals surface area contributed by atoms with Gasteiger partial charge in [-0.1, -0.05) is 30.3 Å². The molecule has 6 nitrogen and oxygen atoms in total. The fraction of sp³-hybridized carbons (Fsp3) is 0.292. The zero-order valence-electron chi connectivity index (χ0n) is 16.8. The smallest absolute Gasteiger partial charge is 0.305 e. The van der Waals surface area contributed by atoms with Gasteiger partial charge >= 0.3 is 5.97 Å². The number of carboxylic acid groups (broad SMARTS) is 1. The van der Waals surface area contributed by atoms with Crippen LogP contribution in [-0.4, -0.2) is 44.7 Å². The Hall–Kier alpha value is -3.16. The number of fused-ring (bicyclic) bond motifs is 1. The lowest BCUT2D eigenvalue weighted by Crippen LogP contribution is -2.21. The Balaban J connectivity index is 1.79. The maximum Gasteiger partial charge on any atom is 0.305 e. The Kier molecular flexibility index (Phi) is 6.06. The summed E-state index contributed by atoms with van der Waals surface area (Å²) in [5.74, 6) is -1.20. The summed E-state index contributed by atoms with van der Waals surface area (Å²) in [6.07, 6.45) is 0.433. The summed E-state index contributed by atoms with van der Waals surface area (Å²) in [6.45, 7) is 0. The van der Waals surface area contributed by atoms with Gasteiger partial charge in [-0.15, -0.1) is 0 Å². The zero-order valence-corrected chi connectivity index (χ0v) is 16.8. The van der Waals surface area contributed by atoms with Crippen molar-refractivity contribution in [2.45, 2.75) is 43.8 Å². The number of aromatic nitrogens is 1. The normalized spacial score (nSPS) is 16.0. The average molecular weight is 422 g/mol. The van der Waals surface area contributed by atoms with Crippen LogP contribution >= 0.6 is 0 Å². The Bertz CT molecular complexity index is 1130. The predicted octanol–water partition coefficient (Wildman–Crippen LogP) is 4.21. The zero-order chi connectivity index (χ0) is 22.0. The van der Waals surface area contributed by atoms with Crippen molar-refractivity contribution >= 4 is 28.8 Å². The number of aliphatic hydroxyl groups excluding tert-OH is 2. The first-order valence-electron chi connectivity index (χ1n) is 10.2. The van der Waals surface area contributed by atoms with Crippen molar-refractivity contribution in [1.29, 1.82) is 0 Å². The second-order valence-electron chi connectivity index (χ2n) is 7.85. The first-order chi connectivity index (χ1) is 14.9. The van der Waals surface area contributed by atoms with Gasteiger partial charge in [-0.25, -0.2) is 4.39 Å². The first-order valence-corrected chi connectivity index (χ1v) is 10.2. The first kappa shape index (κ1) is 21.1. The Labute approximate surface area is 178 Å². The van der Waals surface area contributed by atoms with Crippen molar-refractivity contribution in [3.05, 3.63) is 60.0 Å². The highest BCUT2D eigenvalue weighted by molar-refractivity contribution is 6.01. The van der Waals surface area contributed by atoms with Crippen LogP contribution in [0.4, 0.5) is 10.1 Å². The van der Waals surface area contributed by atoms with Crippen molar-refractivity contribution < 1.29 is 24.5 Å². The molecule has 1 aromatic heterocycles. The van der Waals surface area contributed by atoms with Crippen LogP contribution in [0.3, 0.4) is 0 Å². The molecule has 0 radical (unpaired) electrons. The minimum atomic E-state index is -1.17. The van der Waals surface area contributed by atoms with Gasteiger partial charge in [0.15, 0.2) is 0 Å². The molecule has 0 saturated heterocycles. The molecular formula is C24H23FN2O4. The maximum atomic E-state index is 13.6. The number of carbonyl (C=O) groups is 1. The van der Waals surface area contributed by atoms with E-state index >= 15 is 0 Å². The van der Waals surface area contributed by atoms with Crippen molar-refractivity contribution in [1.82, 2.24) is 4.98 Å². The third kappa shape index (κ3) is 4.95. The Morgan fingerprint density at radius 2 is 1.87 bits per heavy atom. The molecule has 1 aliphatic carbocycles. The Morgan fingerprint density at radius 3 is 2.55 bits per heavy atom. The fourth-order valence-electron chi connectivity index (χ4n) is 3.69. The highest BCUT2D eigenvalue weighted by Gasteiger charge is 2.30. The molecule has 0 amide bonds. The summed E-state index contributed by atoms with van der Waals surface area (Å²) < 4.78 is 13.6. The largest absolute Gasteiger partial charge is 0.481 e. The maximum absolute atomic E-state index is 13.6. The summed E-state index contributed by atoms with van der Waals surface area (Å²) >= 11 is 0. The van der Waals surface area contributed by atoms with Crippen LogP contribution in [0.2, 0.25) is 0 Å². The van der Waals surface area contributed by atoms with Crippen LogP contribution in [-0.2, 0) is 4.79 Å². The number of pyridine rings is 1. The molecule has 0 bridgehead atoms. The molecule has 2 atom stereocenters. The van der Waals surface area contributed by atoms with E-state index in [2.05, 4.69) is 4.99 Å². The van der Waals surface area contributed by atoms with Gasteiger partial charge in [0.2, 0.25) is 0 Å². The minimum absolute atomic E-state index is 0.137. The van der Waals surface area contributed by atoms with Gasteiger partial charge in [0.05, 0.1) is 35.5 Å². The number of benzene rings is 2. The Morgan fingerprint density at radius 1 is 1.16 bits per heavy atom. The molecule has 3 aromatic rings. The van der Waals surface area contributed by atoms with Gasteiger partial charge in [-0.2, -0.15) is 0 Å². The molecule has 4 rings (SSSR count). The van der Waals surface area contributed by atoms with Crippen LogP contribution in [0.1, 0.15) is 37.3 Å². The number of halogens is 1. The van der Waals surface area contributed by atoms with E-state index in [1.54, 1.807) is 12.1 Å². The van der Waals surface area contributed by atoms with Crippen molar-refractivity contribution in [3.63, 3.8) is 0 Å². The van der Waals surface area contributed by atoms with Crippen LogP contribution in [0, 0.1) is 5.82 Å². The predicted molar refractivity (Wildman–Crippen MR) is 116 cm³/mol. The molecule has 1 aliphatic rings. The minimum Gasteiger partial charge on any atom is -0.481 e. The van der Waals surface area contributed by atoms with Crippen LogP contribution in [0.5, 0.6) is 0 Å². The standard InChI is InChI=1S/C24H23FN2O4/c25-16-9-7-14(8-10-16)22-19-3-1-2-4-20(19)27-23(15-5-6-15)24(22)26-13-18(29)11-17(28)12-21(30)31/h1-4,7-10,13,15,17-18,28-29H,5-6,11-12H2,(H,30,31)/b26-13+/t17-,18+/m1/s1. The summed E-state index contributed by atoms with van der Waals surface area (Å²) in [7, 11) is 0. The third-order valence-electron chi connectivity index (χ3n) is 5.29. The molecule has 31 heavy (non-hydrogen) atoms. The van der Waals surface area contributed by atoms with Gasteiger partial charge in [0.1, 0.15) is 5.82 Å². The number of hydrogen-bond acceptors (Lipinski definition) is 5. The molecule has 0 unspecified atom stereocenters. The second kappa shape index (κ2) is 8.91. The van der Waals surface area contributed by atoms with Crippen LogP contribution < -0.4 is 0 Å². The molecule has 1 fully saturated rings. The van der Waals surface area contributed by atoms with E-state index in [1.807, 2.05) is 24.3 Å². The molecular weight excluding hydrogens is 399 g/mol. The lowest BCUT2D eigenvalue weighted by atomic mass is 9.96. The number of aliphatic imine (C=N–C) groups is 1. The lowest BCUT2D eigenvalue weighted by Gasteiger charge is -2.15. The highest BCUT2D eigenvalue weighted by Crippen LogP contribution is 2.48. The molecule has 0 spiro atoms. The molecule has 3 N–H and O–H groups in total. The highest BCUT2D eigenvalue weighted by atomic mass is 19.1. The van der Waals surface area contributed by atoms with Crippen LogP contribution in [0.15, 0.2) is 53.5 Å². The van der Waals surface area contributed by atoms with Crippen LogP contribution in [0.25, 0.3) is 22.0 Å². The molecule has 160 valence electrons. The van der Waals surface area contributed by atoms with Gasteiger partial charge in [-0.3, -0.25) is 14.8 Å². The topological polar surface area (TPSA) is 103 Å². The van der Waals surface area contributed by atoms with E-state index in [1.165, 1.54) is 18.3 Å². The summed E-state index contributed by atoms with van der Waals surface area (Å²) in [6, 6.07) is 13.9. The quantitative estimate of drug-likeness (QED) is 0.472. The van der Waals surface area contributed by atoms with Crippen molar-refractivity contribution in [3.8, 4) is 11.1 Å². The number of hydrogen-bond donors (Lipinski definition) is 3. The second-order valence-corrected chi connectivity index (χ2v) is 7.85. The molecule has 7 heteroatoms. The number of carboxylic acids is 1. The van der Waals surface area contributed by atoms with E-state index in [0.29, 0.717) is 5.69 Å². The molecule has 1 saturated carbocycles. The molecule has 1 heterocycles. The van der Waals surface area contributed by atoms with E-state index < -0.39 is 24.6 Å². The SMILES string of the molecule is O=C(O)C[C@H](O)C[C@H](O)/C=N/c1c(C2CC2)nc2ccccc2c1-c1ccc(F)cc1. The number of rotatable bonds is 8. The summed E-state index contributed by atoms with van der Waals surface area (Å²) in [5, 5.41) is 29.7. The van der Waals surface area contributed by atoms with E-state index in [-0.39, 0.29) is 18.2 Å². The van der Waals surface area contributed by atoms with E-state index in [4.69, 9.17) is 10.1 Å². The third-order valence-corrected chi connectivity index (χ3v) is 5.29. The van der Waals surface area contributed by atoms with Gasteiger partial charge < -0.3 is 15.3 Å². The van der Waals surface area contributed by atoms with Gasteiger partial charge in [-0.05, 0) is 36.6 Å².